The molecule has 1 saturated heterocycles. The van der Waals surface area contributed by atoms with Gasteiger partial charge in [-0.1, -0.05) is 32.0 Å². The van der Waals surface area contributed by atoms with Gasteiger partial charge in [-0.3, -0.25) is 23.4 Å². The molecule has 15 nitrogen and oxygen atoms in total. The Hall–Kier alpha value is -6.25. The normalized spacial score (nSPS) is 20.1. The molecule has 4 aromatic heterocycles. The summed E-state index contributed by atoms with van der Waals surface area (Å²) in [7, 11) is -2.70. The average Bonchev–Trinajstić information content (AvgIpc) is 3.80. The largest absolute Gasteiger partial charge is 0.438 e. The molecular formula is C48H53FN9O6P. The predicted octanol–water partition coefficient (Wildman–Crippen LogP) is 7.25. The first kappa shape index (κ1) is 42.7. The summed E-state index contributed by atoms with van der Waals surface area (Å²) < 4.78 is 46.2. The Kier molecular flexibility index (Phi) is 10.3. The van der Waals surface area contributed by atoms with Crippen LogP contribution < -0.4 is 22.5 Å². The highest BCUT2D eigenvalue weighted by molar-refractivity contribution is 7.71. The first-order valence-electron chi connectivity index (χ1n) is 22.5. The first-order valence-corrected chi connectivity index (χ1v) is 24.6. The monoisotopic (exact) mass is 901 g/mol. The lowest BCUT2D eigenvalue weighted by Crippen LogP contribution is -2.41. The number of fused-ring (bicyclic) bond motifs is 2. The summed E-state index contributed by atoms with van der Waals surface area (Å²) >= 11 is 0. The van der Waals surface area contributed by atoms with E-state index in [1.807, 2.05) is 36.3 Å². The Morgan fingerprint density at radius 3 is 2.32 bits per heavy atom. The summed E-state index contributed by atoms with van der Waals surface area (Å²) in [5.41, 5.74) is 11.4. The van der Waals surface area contributed by atoms with Crippen LogP contribution in [0.15, 0.2) is 81.1 Å². The van der Waals surface area contributed by atoms with Gasteiger partial charge in [0.25, 0.3) is 5.91 Å². The Bertz CT molecular complexity index is 3190. The van der Waals surface area contributed by atoms with Crippen molar-refractivity contribution in [1.82, 2.24) is 38.5 Å². The number of hydrogen-bond donors (Lipinski definition) is 2. The molecule has 0 bridgehead atoms. The quantitative estimate of drug-likeness (QED) is 0.106. The molecule has 1 aliphatic carbocycles. The molecule has 3 unspecified atom stereocenters. The second-order valence-electron chi connectivity index (χ2n) is 18.0. The smallest absolute Gasteiger partial charge is 0.398 e. The van der Waals surface area contributed by atoms with Crippen molar-refractivity contribution in [3.8, 4) is 17.2 Å². The number of aromatic nitrogens is 7. The number of rotatable bonds is 10. The maximum absolute atomic E-state index is 15.5. The zero-order chi connectivity index (χ0) is 45.7. The van der Waals surface area contributed by atoms with E-state index in [4.69, 9.17) is 20.1 Å². The molecule has 3 atom stereocenters. The molecule has 0 radical (unpaired) electrons. The van der Waals surface area contributed by atoms with Gasteiger partial charge in [-0.15, -0.1) is 0 Å². The van der Waals surface area contributed by atoms with Gasteiger partial charge < -0.3 is 24.5 Å². The summed E-state index contributed by atoms with van der Waals surface area (Å²) in [5, 5.41) is 10.8. The van der Waals surface area contributed by atoms with E-state index in [9.17, 15) is 14.2 Å². The van der Waals surface area contributed by atoms with Crippen molar-refractivity contribution in [2.45, 2.75) is 84.7 Å². The lowest BCUT2D eigenvalue weighted by atomic mass is 9.91. The number of aromatic amines is 1. The van der Waals surface area contributed by atoms with Gasteiger partial charge in [-0.2, -0.15) is 5.10 Å². The molecule has 7 aromatic rings. The standard InChI is InChI=1S/C48H53FN9O6P/c1-7-65(62,8-2)40-12-10-34(25-36(40)50)55-17-18-56(47(55)61)43-41-30(6)54(16-13-37(41)52-58(43)35-21-27(3)42(49)28(4)22-35)44(59)39-24-33-23-32(31-14-19-63-20-15-31)9-11-38(33)57(39)48(26-29(48)5)45-51-46(60)64-53-45/h9-12,17-18,21-25,29-31H,7-8,13-16,19-20,26,50H2,1-6H3,(H,51,53,60). The van der Waals surface area contributed by atoms with E-state index in [2.05, 4.69) is 35.3 Å². The Balaban J connectivity index is 1.11. The van der Waals surface area contributed by atoms with Gasteiger partial charge in [-0.05, 0) is 117 Å². The predicted molar refractivity (Wildman–Crippen MR) is 247 cm³/mol. The third kappa shape index (κ3) is 6.69. The van der Waals surface area contributed by atoms with Crippen LogP contribution in [0.5, 0.6) is 0 Å². The molecule has 2 fully saturated rings. The summed E-state index contributed by atoms with van der Waals surface area (Å²) in [6.45, 7) is 12.9. The van der Waals surface area contributed by atoms with Gasteiger partial charge in [-0.25, -0.2) is 18.7 Å². The highest BCUT2D eigenvalue weighted by Gasteiger charge is 2.59. The van der Waals surface area contributed by atoms with Crippen molar-refractivity contribution in [2.24, 2.45) is 5.92 Å². The minimum absolute atomic E-state index is 0.0173. The van der Waals surface area contributed by atoms with Crippen molar-refractivity contribution in [3.63, 3.8) is 0 Å². The number of carbonyl (C=O) groups is 1. The Labute approximate surface area is 374 Å². The van der Waals surface area contributed by atoms with E-state index < -0.39 is 30.2 Å². The minimum Gasteiger partial charge on any atom is -0.398 e. The van der Waals surface area contributed by atoms with Gasteiger partial charge in [0.15, 0.2) is 5.82 Å². The van der Waals surface area contributed by atoms with E-state index >= 15 is 9.18 Å². The molecule has 3 aromatic carbocycles. The van der Waals surface area contributed by atoms with Crippen LogP contribution in [0, 0.1) is 25.6 Å². The minimum atomic E-state index is -2.70. The van der Waals surface area contributed by atoms with Crippen LogP contribution in [0.3, 0.4) is 0 Å². The van der Waals surface area contributed by atoms with Crippen LogP contribution in [0.1, 0.15) is 103 Å². The number of ether oxygens (including phenoxy) is 1. The van der Waals surface area contributed by atoms with Crippen molar-refractivity contribution in [1.29, 1.82) is 0 Å². The molecule has 1 saturated carbocycles. The fourth-order valence-electron chi connectivity index (χ4n) is 10.6. The number of benzene rings is 3. The molecule has 0 spiro atoms. The van der Waals surface area contributed by atoms with Crippen LogP contribution in [0.25, 0.3) is 28.1 Å². The highest BCUT2D eigenvalue weighted by atomic mass is 31.2. The van der Waals surface area contributed by atoms with Gasteiger partial charge in [0, 0.05) is 78.4 Å². The lowest BCUT2D eigenvalue weighted by molar-refractivity contribution is 0.0663. The van der Waals surface area contributed by atoms with Gasteiger partial charge in [0.1, 0.15) is 30.0 Å². The Morgan fingerprint density at radius 1 is 0.969 bits per heavy atom. The summed E-state index contributed by atoms with van der Waals surface area (Å²) in [5.74, 6) is -0.103. The molecule has 17 heteroatoms. The van der Waals surface area contributed by atoms with E-state index in [0.29, 0.717) is 113 Å². The number of halogens is 1. The maximum Gasteiger partial charge on any atom is 0.438 e. The second-order valence-corrected chi connectivity index (χ2v) is 21.6. The van der Waals surface area contributed by atoms with E-state index in [-0.39, 0.29) is 17.6 Å². The SMILES string of the molecule is CCP(=O)(CC)c1ccc(-n2ccn(-c3c4c(nn3-c3cc(C)c(F)c(C)c3)CCN(C(=O)c3cc5cc(C6CCOCC6)ccc5n3C3(c5noc(=O)[nH]5)CC3C)C4C)c2=O)cc1N. The third-order valence-corrected chi connectivity index (χ3v) is 17.7. The highest BCUT2D eigenvalue weighted by Crippen LogP contribution is 2.56. The molecule has 6 heterocycles. The van der Waals surface area contributed by atoms with Crippen molar-refractivity contribution in [2.75, 3.05) is 37.8 Å². The number of nitrogen functional groups attached to an aromatic ring is 1. The number of amides is 1. The average molecular weight is 902 g/mol. The van der Waals surface area contributed by atoms with Gasteiger partial charge >= 0.3 is 11.4 Å². The van der Waals surface area contributed by atoms with E-state index in [1.54, 1.807) is 61.3 Å². The topological polar surface area (TPSA) is 181 Å². The number of aryl methyl sites for hydroxylation is 2. The van der Waals surface area contributed by atoms with Crippen LogP contribution in [0.2, 0.25) is 0 Å². The van der Waals surface area contributed by atoms with Crippen LogP contribution >= 0.6 is 7.14 Å². The molecule has 338 valence electrons. The molecule has 3 N–H and O–H groups in total. The second kappa shape index (κ2) is 15.7. The zero-order valence-corrected chi connectivity index (χ0v) is 38.3. The number of imidazole rings is 1. The van der Waals surface area contributed by atoms with Crippen molar-refractivity contribution < 1.29 is 23.0 Å². The van der Waals surface area contributed by atoms with E-state index in [0.717, 1.165) is 23.7 Å². The van der Waals surface area contributed by atoms with Crippen LogP contribution in [-0.4, -0.2) is 76.5 Å². The van der Waals surface area contributed by atoms with Gasteiger partial charge in [0.2, 0.25) is 0 Å². The van der Waals surface area contributed by atoms with Crippen molar-refractivity contribution >= 4 is 34.9 Å². The number of carbonyl (C=O) groups excluding carboxylic acids is 1. The number of nitrogens with two attached hydrogens (primary N) is 1. The maximum atomic E-state index is 15.5. The third-order valence-electron chi connectivity index (χ3n) is 14.4. The fraction of sp³-hybridized carbons (Fsp3) is 0.396. The molecule has 3 aliphatic rings. The number of nitrogens with zero attached hydrogens (tertiary/aromatic N) is 7. The number of hydrogen-bond acceptors (Lipinski definition) is 9. The first-order chi connectivity index (χ1) is 31.2. The van der Waals surface area contributed by atoms with E-state index in [1.165, 1.54) is 14.7 Å². The number of nitrogens with one attached hydrogen (secondary N) is 1. The number of H-pyrrole nitrogens is 1. The van der Waals surface area contributed by atoms with Gasteiger partial charge in [0.05, 0.1) is 23.1 Å². The fourth-order valence-corrected chi connectivity index (χ4v) is 12.6. The summed E-state index contributed by atoms with van der Waals surface area (Å²) in [4.78, 5) is 47.3. The Morgan fingerprint density at radius 2 is 1.68 bits per heavy atom. The molecule has 1 amide bonds. The molecule has 10 rings (SSSR count). The van der Waals surface area contributed by atoms with Crippen molar-refractivity contribution in [3.05, 3.63) is 133 Å². The zero-order valence-electron chi connectivity index (χ0n) is 37.4. The van der Waals surface area contributed by atoms with Crippen LogP contribution in [0.4, 0.5) is 10.1 Å². The molecule has 65 heavy (non-hydrogen) atoms. The molecule has 2 aliphatic heterocycles. The lowest BCUT2D eigenvalue weighted by Gasteiger charge is -2.34. The molecular weight excluding hydrogens is 849 g/mol. The van der Waals surface area contributed by atoms with Crippen LogP contribution in [-0.2, 0) is 21.3 Å². The number of anilines is 1. The summed E-state index contributed by atoms with van der Waals surface area (Å²) in [6, 6.07) is 16.3. The summed E-state index contributed by atoms with van der Waals surface area (Å²) in [6.07, 6.45) is 7.07.